The molecule has 0 saturated carbocycles. The Morgan fingerprint density at radius 3 is 2.30 bits per heavy atom. The summed E-state index contributed by atoms with van der Waals surface area (Å²) < 4.78 is 0. The molecule has 0 unspecified atom stereocenters. The van der Waals surface area contributed by atoms with Crippen molar-refractivity contribution in [1.82, 2.24) is 9.91 Å². The summed E-state index contributed by atoms with van der Waals surface area (Å²) in [5.74, 6) is 0. The van der Waals surface area contributed by atoms with E-state index in [2.05, 4.69) is 5.10 Å². The van der Waals surface area contributed by atoms with E-state index in [1.807, 2.05) is 0 Å². The average Bonchev–Trinajstić information content (AvgIpc) is 1.85. The summed E-state index contributed by atoms with van der Waals surface area (Å²) in [5, 5.41) is 5.43. The number of hydrogen-bond acceptors (Lipinski definition) is 3. The van der Waals surface area contributed by atoms with Crippen molar-refractivity contribution < 1.29 is 4.79 Å². The smallest absolute Gasteiger partial charge is 0.223 e. The Morgan fingerprint density at radius 1 is 1.50 bits per heavy atom. The Kier molecular flexibility index (Phi) is 3.79. The van der Waals surface area contributed by atoms with Crippen LogP contribution < -0.4 is 0 Å². The van der Waals surface area contributed by atoms with E-state index in [9.17, 15) is 4.79 Å². The Morgan fingerprint density at radius 2 is 2.00 bits per heavy atom. The number of amides is 1. The molecule has 10 heavy (non-hydrogen) atoms. The zero-order chi connectivity index (χ0) is 8.15. The molecule has 0 fully saturated rings. The van der Waals surface area contributed by atoms with Crippen LogP contribution in [-0.4, -0.2) is 42.8 Å². The molecule has 0 N–H and O–H groups in total. The molecule has 0 aromatic rings. The van der Waals surface area contributed by atoms with Gasteiger partial charge in [0.1, 0.15) is 0 Å². The highest BCUT2D eigenvalue weighted by Gasteiger charge is 1.99. The second kappa shape index (κ2) is 4.11. The van der Waals surface area contributed by atoms with E-state index in [4.69, 9.17) is 11.6 Å². The molecule has 0 bridgehead atoms. The molecule has 0 aromatic heterocycles. The van der Waals surface area contributed by atoms with E-state index < -0.39 is 0 Å². The van der Waals surface area contributed by atoms with Gasteiger partial charge in [-0.2, -0.15) is 0 Å². The van der Waals surface area contributed by atoms with Gasteiger partial charge in [-0.3, -0.25) is 9.69 Å². The van der Waals surface area contributed by atoms with Crippen molar-refractivity contribution in [1.29, 1.82) is 0 Å². The van der Waals surface area contributed by atoms with Crippen LogP contribution in [0.5, 0.6) is 0 Å². The molecular weight excluding hydrogens is 154 g/mol. The highest BCUT2D eigenvalue weighted by Crippen LogP contribution is 1.91. The first kappa shape index (κ1) is 9.23. The van der Waals surface area contributed by atoms with E-state index in [1.165, 1.54) is 17.0 Å². The topological polar surface area (TPSA) is 35.9 Å². The van der Waals surface area contributed by atoms with Crippen molar-refractivity contribution in [3.63, 3.8) is 0 Å². The van der Waals surface area contributed by atoms with Crippen LogP contribution >= 0.6 is 11.6 Å². The number of rotatable bonds is 2. The third-order valence-electron chi connectivity index (χ3n) is 0.732. The lowest BCUT2D eigenvalue weighted by Crippen LogP contribution is -2.22. The molecule has 0 aliphatic rings. The standard InChI is InChI=1S/C5H10ClN3O/c1-8(2)7-5(6)9(3)4-10/h4H,1-3H3/b7-5-. The first-order valence-corrected chi connectivity index (χ1v) is 3.05. The molecule has 0 aromatic carbocycles. The zero-order valence-electron chi connectivity index (χ0n) is 6.21. The van der Waals surface area contributed by atoms with Gasteiger partial charge in [0.05, 0.1) is 0 Å². The second-order valence-corrected chi connectivity index (χ2v) is 2.27. The van der Waals surface area contributed by atoms with Gasteiger partial charge in [0.15, 0.2) is 0 Å². The highest BCUT2D eigenvalue weighted by molar-refractivity contribution is 6.65. The summed E-state index contributed by atoms with van der Waals surface area (Å²) in [6.45, 7) is 0. The zero-order valence-corrected chi connectivity index (χ0v) is 6.96. The summed E-state index contributed by atoms with van der Waals surface area (Å²) in [7, 11) is 4.98. The fourth-order valence-electron chi connectivity index (χ4n) is 0.279. The van der Waals surface area contributed by atoms with Gasteiger partial charge < -0.3 is 5.01 Å². The molecule has 58 valence electrons. The summed E-state index contributed by atoms with van der Waals surface area (Å²) in [6, 6.07) is 0. The van der Waals surface area contributed by atoms with E-state index >= 15 is 0 Å². The third kappa shape index (κ3) is 3.29. The van der Waals surface area contributed by atoms with Crippen molar-refractivity contribution in [2.45, 2.75) is 0 Å². The molecule has 0 saturated heterocycles. The molecule has 4 nitrogen and oxygen atoms in total. The van der Waals surface area contributed by atoms with Gasteiger partial charge in [-0.05, 0) is 11.6 Å². The molecule has 0 aliphatic heterocycles. The monoisotopic (exact) mass is 163 g/mol. The molecule has 0 spiro atoms. The lowest BCUT2D eigenvalue weighted by atomic mass is 10.9. The van der Waals surface area contributed by atoms with Gasteiger partial charge in [0.25, 0.3) is 0 Å². The van der Waals surface area contributed by atoms with Gasteiger partial charge in [-0.25, -0.2) is 0 Å². The fraction of sp³-hybridized carbons (Fsp3) is 0.600. The van der Waals surface area contributed by atoms with Crippen molar-refractivity contribution in [3.05, 3.63) is 0 Å². The Labute approximate surface area is 65.0 Å². The van der Waals surface area contributed by atoms with Crippen molar-refractivity contribution in [2.24, 2.45) is 5.10 Å². The quantitative estimate of drug-likeness (QED) is 0.191. The van der Waals surface area contributed by atoms with Gasteiger partial charge in [-0.15, -0.1) is 5.10 Å². The van der Waals surface area contributed by atoms with Crippen molar-refractivity contribution in [3.8, 4) is 0 Å². The van der Waals surface area contributed by atoms with E-state index in [-0.39, 0.29) is 5.29 Å². The summed E-state index contributed by atoms with van der Waals surface area (Å²) in [6.07, 6.45) is 0.593. The molecule has 0 aliphatic carbocycles. The van der Waals surface area contributed by atoms with Crippen LogP contribution in [0.15, 0.2) is 5.10 Å². The summed E-state index contributed by atoms with van der Waals surface area (Å²) in [4.78, 5) is 11.3. The number of halogens is 1. The number of nitrogens with zero attached hydrogens (tertiary/aromatic N) is 3. The maximum Gasteiger partial charge on any atom is 0.223 e. The lowest BCUT2D eigenvalue weighted by molar-refractivity contribution is -0.113. The first-order chi connectivity index (χ1) is 4.57. The van der Waals surface area contributed by atoms with Gasteiger partial charge in [0, 0.05) is 21.1 Å². The molecule has 0 radical (unpaired) electrons. The average molecular weight is 164 g/mol. The van der Waals surface area contributed by atoms with Crippen LogP contribution in [0.2, 0.25) is 0 Å². The minimum Gasteiger partial charge on any atom is -0.300 e. The molecule has 5 heteroatoms. The lowest BCUT2D eigenvalue weighted by Gasteiger charge is -2.10. The Bertz CT molecular complexity index is 146. The number of amidine groups is 1. The Balaban J connectivity index is 4.04. The van der Waals surface area contributed by atoms with Crippen LogP contribution in [-0.2, 0) is 4.79 Å². The highest BCUT2D eigenvalue weighted by atomic mass is 35.5. The van der Waals surface area contributed by atoms with Crippen LogP contribution in [0, 0.1) is 0 Å². The molecule has 0 atom stereocenters. The number of hydrazone groups is 1. The first-order valence-electron chi connectivity index (χ1n) is 2.67. The van der Waals surface area contributed by atoms with Crippen LogP contribution in [0.4, 0.5) is 0 Å². The van der Waals surface area contributed by atoms with Gasteiger partial charge >= 0.3 is 0 Å². The van der Waals surface area contributed by atoms with Crippen LogP contribution in [0.1, 0.15) is 0 Å². The fourth-order valence-corrected chi connectivity index (χ4v) is 0.470. The van der Waals surface area contributed by atoms with Gasteiger partial charge in [-0.1, -0.05) is 0 Å². The predicted octanol–water partition coefficient (Wildman–Crippen LogP) is 0.146. The van der Waals surface area contributed by atoms with E-state index in [0.29, 0.717) is 6.41 Å². The maximum absolute atomic E-state index is 10.1. The normalized spacial score (nSPS) is 11.0. The number of carbonyl (C=O) groups is 1. The Hall–Kier alpha value is -0.770. The molecular formula is C5H10ClN3O. The minimum atomic E-state index is 0.153. The predicted molar refractivity (Wildman–Crippen MR) is 40.8 cm³/mol. The summed E-state index contributed by atoms with van der Waals surface area (Å²) in [5.41, 5.74) is 0. The number of carbonyl (C=O) groups excluding carboxylic acids is 1. The van der Waals surface area contributed by atoms with Crippen LogP contribution in [0.25, 0.3) is 0 Å². The maximum atomic E-state index is 10.1. The largest absolute Gasteiger partial charge is 0.300 e. The van der Waals surface area contributed by atoms with Crippen molar-refractivity contribution in [2.75, 3.05) is 21.1 Å². The number of hydrogen-bond donors (Lipinski definition) is 0. The molecule has 0 heterocycles. The van der Waals surface area contributed by atoms with E-state index in [0.717, 1.165) is 0 Å². The van der Waals surface area contributed by atoms with Crippen molar-refractivity contribution >= 4 is 23.3 Å². The third-order valence-corrected chi connectivity index (χ3v) is 1.07. The van der Waals surface area contributed by atoms with Crippen LogP contribution in [0.3, 0.4) is 0 Å². The molecule has 1 amide bonds. The van der Waals surface area contributed by atoms with Gasteiger partial charge in [0.2, 0.25) is 11.7 Å². The minimum absolute atomic E-state index is 0.153. The SMILES string of the molecule is CN(C)/N=C(/Cl)N(C)C=O. The molecule has 0 rings (SSSR count). The van der Waals surface area contributed by atoms with E-state index in [1.54, 1.807) is 14.1 Å². The summed E-state index contributed by atoms with van der Waals surface area (Å²) >= 11 is 5.53. The second-order valence-electron chi connectivity index (χ2n) is 1.93.